The molecule has 2 N–H and O–H groups in total. The molecule has 2 aromatic carbocycles. The van der Waals surface area contributed by atoms with Crippen LogP contribution in [0.1, 0.15) is 15.9 Å². The van der Waals surface area contributed by atoms with Gasteiger partial charge < -0.3 is 10.2 Å². The van der Waals surface area contributed by atoms with Crippen molar-refractivity contribution in [2.75, 3.05) is 0 Å². The topological polar surface area (TPSA) is 92.4 Å². The number of carboxylic acids is 1. The molecule has 0 saturated heterocycles. The highest BCUT2D eigenvalue weighted by atomic mass is 35.5. The number of hydrogen-bond acceptors (Lipinski definition) is 4. The molecule has 0 saturated carbocycles. The van der Waals surface area contributed by atoms with Crippen LogP contribution in [0.25, 0.3) is 11.3 Å². The quantitative estimate of drug-likeness (QED) is 0.749. The summed E-state index contributed by atoms with van der Waals surface area (Å²) >= 11 is 6.11. The van der Waals surface area contributed by atoms with Crippen molar-refractivity contribution in [3.05, 3.63) is 81.1 Å². The smallest absolute Gasteiger partial charge is 0.345 e. The summed E-state index contributed by atoms with van der Waals surface area (Å²) in [5.41, 5.74) is -0.495. The van der Waals surface area contributed by atoms with Crippen molar-refractivity contribution in [2.45, 2.75) is 6.54 Å². The largest absolute Gasteiger partial charge is 0.505 e. The predicted molar refractivity (Wildman–Crippen MR) is 93.1 cm³/mol. The fourth-order valence-electron chi connectivity index (χ4n) is 2.44. The van der Waals surface area contributed by atoms with Gasteiger partial charge in [0.15, 0.2) is 11.3 Å². The number of aromatic carboxylic acids is 1. The molecule has 0 aliphatic heterocycles. The number of rotatable bonds is 4. The van der Waals surface area contributed by atoms with Gasteiger partial charge in [0.05, 0.1) is 6.54 Å². The zero-order valence-electron chi connectivity index (χ0n) is 12.9. The summed E-state index contributed by atoms with van der Waals surface area (Å²) < 4.78 is 0.993. The molecule has 0 bridgehead atoms. The molecule has 0 spiro atoms. The van der Waals surface area contributed by atoms with Crippen LogP contribution in [-0.4, -0.2) is 26.0 Å². The Hall–Kier alpha value is -3.12. The third kappa shape index (κ3) is 3.25. The van der Waals surface area contributed by atoms with Crippen molar-refractivity contribution in [1.82, 2.24) is 9.78 Å². The number of halogens is 1. The first-order chi connectivity index (χ1) is 12.0. The molecule has 3 aromatic rings. The minimum absolute atomic E-state index is 0.0150. The first-order valence-corrected chi connectivity index (χ1v) is 7.73. The van der Waals surface area contributed by atoms with E-state index < -0.39 is 22.8 Å². The van der Waals surface area contributed by atoms with Gasteiger partial charge in [0, 0.05) is 10.6 Å². The summed E-state index contributed by atoms with van der Waals surface area (Å²) in [6, 6.07) is 15.4. The molecule has 7 heteroatoms. The summed E-state index contributed by atoms with van der Waals surface area (Å²) in [6.45, 7) is -0.0150. The van der Waals surface area contributed by atoms with Crippen molar-refractivity contribution >= 4 is 17.6 Å². The van der Waals surface area contributed by atoms with E-state index in [9.17, 15) is 19.8 Å². The zero-order valence-corrected chi connectivity index (χ0v) is 13.6. The van der Waals surface area contributed by atoms with Crippen LogP contribution in [-0.2, 0) is 6.54 Å². The van der Waals surface area contributed by atoms with Gasteiger partial charge in [-0.3, -0.25) is 4.79 Å². The second-order valence-corrected chi connectivity index (χ2v) is 5.70. The van der Waals surface area contributed by atoms with Crippen LogP contribution in [0.2, 0.25) is 5.02 Å². The first-order valence-electron chi connectivity index (χ1n) is 7.35. The molecule has 1 heterocycles. The van der Waals surface area contributed by atoms with E-state index in [1.165, 1.54) is 0 Å². The van der Waals surface area contributed by atoms with Gasteiger partial charge in [0.25, 0.3) is 5.56 Å². The number of aromatic hydroxyl groups is 1. The predicted octanol–water partition coefficient (Wildman–Crippen LogP) is 3.02. The van der Waals surface area contributed by atoms with Gasteiger partial charge in [-0.05, 0) is 11.6 Å². The van der Waals surface area contributed by atoms with Gasteiger partial charge in [-0.25, -0.2) is 9.48 Å². The second kappa shape index (κ2) is 6.78. The molecule has 126 valence electrons. The van der Waals surface area contributed by atoms with Gasteiger partial charge in [0.1, 0.15) is 5.69 Å². The lowest BCUT2D eigenvalue weighted by atomic mass is 10.1. The van der Waals surface area contributed by atoms with Gasteiger partial charge in [-0.1, -0.05) is 60.1 Å². The fourth-order valence-corrected chi connectivity index (χ4v) is 2.64. The molecule has 0 aliphatic rings. The standard InChI is InChI=1S/C18H13ClN2O4/c19-13-9-5-4-8-12(13)10-21-17(23)14(18(24)25)16(22)15(20-21)11-6-2-1-3-7-11/h1-9,22H,10H2,(H,24,25). The molecule has 0 radical (unpaired) electrons. The van der Waals surface area contributed by atoms with Crippen LogP contribution in [0.5, 0.6) is 5.75 Å². The number of hydrogen-bond donors (Lipinski definition) is 2. The molecule has 0 unspecified atom stereocenters. The van der Waals surface area contributed by atoms with E-state index in [0.29, 0.717) is 16.1 Å². The molecule has 0 amide bonds. The third-order valence-electron chi connectivity index (χ3n) is 3.67. The first kappa shape index (κ1) is 16.7. The maximum atomic E-state index is 12.4. The van der Waals surface area contributed by atoms with Crippen molar-refractivity contribution in [3.8, 4) is 17.0 Å². The molecule has 0 aliphatic carbocycles. The number of carboxylic acid groups (broad SMARTS) is 1. The lowest BCUT2D eigenvalue weighted by Crippen LogP contribution is -2.29. The molecule has 1 aromatic heterocycles. The third-order valence-corrected chi connectivity index (χ3v) is 4.04. The molecule has 0 fully saturated rings. The Kier molecular flexibility index (Phi) is 4.54. The minimum Gasteiger partial charge on any atom is -0.505 e. The number of benzene rings is 2. The fraction of sp³-hybridized carbons (Fsp3) is 0.0556. The highest BCUT2D eigenvalue weighted by Gasteiger charge is 2.23. The average Bonchev–Trinajstić information content (AvgIpc) is 2.59. The van der Waals surface area contributed by atoms with Crippen molar-refractivity contribution in [3.63, 3.8) is 0 Å². The van der Waals surface area contributed by atoms with E-state index in [4.69, 9.17) is 11.6 Å². The summed E-state index contributed by atoms with van der Waals surface area (Å²) in [7, 11) is 0. The van der Waals surface area contributed by atoms with Gasteiger partial charge in [0.2, 0.25) is 0 Å². The Morgan fingerprint density at radius 3 is 2.36 bits per heavy atom. The van der Waals surface area contributed by atoms with Gasteiger partial charge in [-0.15, -0.1) is 0 Å². The zero-order chi connectivity index (χ0) is 18.0. The monoisotopic (exact) mass is 356 g/mol. The van der Waals surface area contributed by atoms with Crippen LogP contribution in [0.15, 0.2) is 59.4 Å². The summed E-state index contributed by atoms with van der Waals surface area (Å²) in [6.07, 6.45) is 0. The Morgan fingerprint density at radius 2 is 1.72 bits per heavy atom. The maximum Gasteiger partial charge on any atom is 0.345 e. The van der Waals surface area contributed by atoms with Crippen molar-refractivity contribution < 1.29 is 15.0 Å². The van der Waals surface area contributed by atoms with Gasteiger partial charge >= 0.3 is 5.97 Å². The van der Waals surface area contributed by atoms with Crippen LogP contribution < -0.4 is 5.56 Å². The van der Waals surface area contributed by atoms with E-state index in [0.717, 1.165) is 4.68 Å². The molecular formula is C18H13ClN2O4. The van der Waals surface area contributed by atoms with Crippen LogP contribution in [0.4, 0.5) is 0 Å². The number of carbonyl (C=O) groups is 1. The molecule has 0 atom stereocenters. The van der Waals surface area contributed by atoms with E-state index in [1.54, 1.807) is 54.6 Å². The molecule has 3 rings (SSSR count). The summed E-state index contributed by atoms with van der Waals surface area (Å²) in [5, 5.41) is 24.2. The summed E-state index contributed by atoms with van der Waals surface area (Å²) in [5.74, 6) is -2.17. The van der Waals surface area contributed by atoms with Crippen LogP contribution >= 0.6 is 11.6 Å². The van der Waals surface area contributed by atoms with E-state index in [-0.39, 0.29) is 12.2 Å². The highest BCUT2D eigenvalue weighted by Crippen LogP contribution is 2.28. The minimum atomic E-state index is -1.52. The van der Waals surface area contributed by atoms with Crippen molar-refractivity contribution in [1.29, 1.82) is 0 Å². The Labute approximate surface area is 147 Å². The summed E-state index contributed by atoms with van der Waals surface area (Å²) in [4.78, 5) is 23.9. The van der Waals surface area contributed by atoms with E-state index in [1.807, 2.05) is 0 Å². The maximum absolute atomic E-state index is 12.4. The van der Waals surface area contributed by atoms with Gasteiger partial charge in [-0.2, -0.15) is 5.10 Å². The number of aromatic nitrogens is 2. The number of nitrogens with zero attached hydrogens (tertiary/aromatic N) is 2. The SMILES string of the molecule is O=C(O)c1c(O)c(-c2ccccc2)nn(Cc2ccccc2Cl)c1=O. The average molecular weight is 357 g/mol. The molecule has 25 heavy (non-hydrogen) atoms. The normalized spacial score (nSPS) is 10.6. The Morgan fingerprint density at radius 1 is 1.08 bits per heavy atom. The van der Waals surface area contributed by atoms with Crippen LogP contribution in [0, 0.1) is 0 Å². The lowest BCUT2D eigenvalue weighted by Gasteiger charge is -2.12. The Balaban J connectivity index is 2.22. The Bertz CT molecular complexity index is 1000. The highest BCUT2D eigenvalue weighted by molar-refractivity contribution is 6.31. The van der Waals surface area contributed by atoms with Crippen molar-refractivity contribution in [2.24, 2.45) is 0 Å². The lowest BCUT2D eigenvalue weighted by molar-refractivity contribution is 0.0690. The second-order valence-electron chi connectivity index (χ2n) is 5.30. The van der Waals surface area contributed by atoms with E-state index >= 15 is 0 Å². The van der Waals surface area contributed by atoms with E-state index in [2.05, 4.69) is 5.10 Å². The molecule has 6 nitrogen and oxygen atoms in total. The molecular weight excluding hydrogens is 344 g/mol. The van der Waals surface area contributed by atoms with Crippen LogP contribution in [0.3, 0.4) is 0 Å².